The van der Waals surface area contributed by atoms with Crippen molar-refractivity contribution in [2.75, 3.05) is 17.1 Å². The number of amides is 1. The second kappa shape index (κ2) is 8.42. The number of carbonyl (C=O) groups is 1. The molecular formula is C26H31FN2O3S. The van der Waals surface area contributed by atoms with Crippen molar-refractivity contribution in [3.63, 3.8) is 0 Å². The summed E-state index contributed by atoms with van der Waals surface area (Å²) in [5.74, 6) is 1.77. The monoisotopic (exact) mass is 470 g/mol. The molecule has 0 saturated heterocycles. The highest BCUT2D eigenvalue weighted by Gasteiger charge is 2.51. The number of hydrogen-bond acceptors (Lipinski definition) is 3. The van der Waals surface area contributed by atoms with Crippen molar-refractivity contribution in [1.82, 2.24) is 5.32 Å². The molecule has 0 spiro atoms. The van der Waals surface area contributed by atoms with Crippen LogP contribution in [0.1, 0.15) is 49.7 Å². The third-order valence-corrected chi connectivity index (χ3v) is 9.04. The highest BCUT2D eigenvalue weighted by molar-refractivity contribution is 7.92. The van der Waals surface area contributed by atoms with Crippen molar-refractivity contribution < 1.29 is 17.6 Å². The Balaban J connectivity index is 1.29. The van der Waals surface area contributed by atoms with E-state index in [-0.39, 0.29) is 24.3 Å². The van der Waals surface area contributed by atoms with Gasteiger partial charge in [-0.3, -0.25) is 9.10 Å². The summed E-state index contributed by atoms with van der Waals surface area (Å²) in [4.78, 5) is 12.5. The zero-order valence-corrected chi connectivity index (χ0v) is 19.8. The fraction of sp³-hybridized carbons (Fsp3) is 0.500. The van der Waals surface area contributed by atoms with Crippen LogP contribution < -0.4 is 9.62 Å². The van der Waals surface area contributed by atoms with Crippen molar-refractivity contribution in [2.24, 2.45) is 17.8 Å². The lowest BCUT2D eigenvalue weighted by molar-refractivity contribution is -0.119. The van der Waals surface area contributed by atoms with Crippen LogP contribution in [-0.2, 0) is 26.8 Å². The van der Waals surface area contributed by atoms with E-state index in [9.17, 15) is 17.6 Å². The van der Waals surface area contributed by atoms with Crippen LogP contribution in [0.5, 0.6) is 0 Å². The van der Waals surface area contributed by atoms with Gasteiger partial charge in [0, 0.05) is 6.54 Å². The van der Waals surface area contributed by atoms with Gasteiger partial charge >= 0.3 is 0 Å². The number of halogens is 1. The molecule has 2 aromatic rings. The third kappa shape index (κ3) is 4.65. The van der Waals surface area contributed by atoms with Crippen LogP contribution in [0, 0.1) is 23.6 Å². The zero-order valence-electron chi connectivity index (χ0n) is 19.0. The quantitative estimate of drug-likeness (QED) is 0.653. The largest absolute Gasteiger partial charge is 0.350 e. The Morgan fingerprint density at radius 2 is 1.52 bits per heavy atom. The lowest BCUT2D eigenvalue weighted by Crippen LogP contribution is -2.48. The number of nitrogens with one attached hydrogen (secondary N) is 1. The van der Waals surface area contributed by atoms with Gasteiger partial charge in [0.25, 0.3) is 0 Å². The molecular weight excluding hydrogens is 439 g/mol. The van der Waals surface area contributed by atoms with E-state index < -0.39 is 15.9 Å². The van der Waals surface area contributed by atoms with Crippen molar-refractivity contribution in [1.29, 1.82) is 0 Å². The van der Waals surface area contributed by atoms with Crippen LogP contribution in [0.4, 0.5) is 10.1 Å². The molecule has 0 aromatic heterocycles. The first-order valence-electron chi connectivity index (χ1n) is 11.8. The number of rotatable bonds is 7. The molecule has 0 atom stereocenters. The molecule has 4 bridgehead atoms. The van der Waals surface area contributed by atoms with E-state index in [4.69, 9.17) is 0 Å². The number of anilines is 1. The minimum atomic E-state index is -3.64. The average Bonchev–Trinajstić information content (AvgIpc) is 2.75. The van der Waals surface area contributed by atoms with Crippen molar-refractivity contribution in [3.05, 3.63) is 65.5 Å². The van der Waals surface area contributed by atoms with E-state index >= 15 is 0 Å². The maximum absolute atomic E-state index is 13.1. The number of hydrogen-bond donors (Lipinski definition) is 1. The molecule has 4 aliphatic carbocycles. The molecule has 4 fully saturated rings. The lowest BCUT2D eigenvalue weighted by atomic mass is 9.48. The summed E-state index contributed by atoms with van der Waals surface area (Å²) in [5, 5.41) is 2.72. The van der Waals surface area contributed by atoms with E-state index in [1.807, 2.05) is 12.1 Å². The van der Waals surface area contributed by atoms with Gasteiger partial charge in [-0.15, -0.1) is 0 Å². The fourth-order valence-corrected chi connectivity index (χ4v) is 7.69. The standard InChI is InChI=1S/C26H31FN2O3S/c1-33(31,32)29(17-25(30)28-16-18-2-6-23(27)7-3-18)24-8-4-22(5-9-24)26-13-19-10-20(14-26)12-21(11-19)15-26/h2-9,19-21H,10-17H2,1H3,(H,28,30). The maximum Gasteiger partial charge on any atom is 0.241 e. The molecule has 0 aliphatic heterocycles. The van der Waals surface area contributed by atoms with Crippen LogP contribution in [0.3, 0.4) is 0 Å². The molecule has 33 heavy (non-hydrogen) atoms. The molecule has 2 aromatic carbocycles. The fourth-order valence-electron chi connectivity index (χ4n) is 6.83. The van der Waals surface area contributed by atoms with Gasteiger partial charge in [-0.2, -0.15) is 0 Å². The number of carbonyl (C=O) groups excluding carboxylic acids is 1. The molecule has 1 N–H and O–H groups in total. The first-order chi connectivity index (χ1) is 15.7. The molecule has 4 saturated carbocycles. The van der Waals surface area contributed by atoms with Gasteiger partial charge < -0.3 is 5.32 Å². The molecule has 0 radical (unpaired) electrons. The smallest absolute Gasteiger partial charge is 0.241 e. The molecule has 176 valence electrons. The Hall–Kier alpha value is -2.41. The summed E-state index contributed by atoms with van der Waals surface area (Å²) >= 11 is 0. The SMILES string of the molecule is CS(=O)(=O)N(CC(=O)NCc1ccc(F)cc1)c1ccc(C23CC4CC(CC(C4)C2)C3)cc1. The Morgan fingerprint density at radius 3 is 2.03 bits per heavy atom. The van der Waals surface area contributed by atoms with Gasteiger partial charge in [-0.05, 0) is 97.1 Å². The summed E-state index contributed by atoms with van der Waals surface area (Å²) in [6.45, 7) is -0.0849. The molecule has 1 amide bonds. The lowest BCUT2D eigenvalue weighted by Gasteiger charge is -2.57. The summed E-state index contributed by atoms with van der Waals surface area (Å²) < 4.78 is 39.2. The highest BCUT2D eigenvalue weighted by Crippen LogP contribution is 2.60. The van der Waals surface area contributed by atoms with Crippen LogP contribution in [0.2, 0.25) is 0 Å². The second-order valence-corrected chi connectivity index (χ2v) is 12.3. The minimum Gasteiger partial charge on any atom is -0.350 e. The van der Waals surface area contributed by atoms with Crippen LogP contribution >= 0.6 is 0 Å². The molecule has 0 heterocycles. The molecule has 0 unspecified atom stereocenters. The van der Waals surface area contributed by atoms with Gasteiger partial charge in [-0.25, -0.2) is 12.8 Å². The summed E-state index contributed by atoms with van der Waals surface area (Å²) in [6, 6.07) is 13.7. The van der Waals surface area contributed by atoms with Gasteiger partial charge in [0.2, 0.25) is 15.9 Å². The minimum absolute atomic E-state index is 0.210. The van der Waals surface area contributed by atoms with Crippen molar-refractivity contribution >= 4 is 21.6 Å². The first-order valence-corrected chi connectivity index (χ1v) is 13.6. The summed E-state index contributed by atoms with van der Waals surface area (Å²) in [7, 11) is -3.64. The van der Waals surface area contributed by atoms with Crippen LogP contribution in [0.25, 0.3) is 0 Å². The van der Waals surface area contributed by atoms with Crippen molar-refractivity contribution in [3.8, 4) is 0 Å². The van der Waals surface area contributed by atoms with Gasteiger partial charge in [0.15, 0.2) is 0 Å². The second-order valence-electron chi connectivity index (χ2n) is 10.4. The van der Waals surface area contributed by atoms with Crippen LogP contribution in [0.15, 0.2) is 48.5 Å². The Bertz CT molecular complexity index is 1090. The first kappa shape index (κ1) is 22.4. The topological polar surface area (TPSA) is 66.5 Å². The van der Waals surface area contributed by atoms with E-state index in [1.165, 1.54) is 56.2 Å². The highest BCUT2D eigenvalue weighted by atomic mass is 32.2. The summed E-state index contributed by atoms with van der Waals surface area (Å²) in [6.07, 6.45) is 9.01. The van der Waals surface area contributed by atoms with E-state index in [2.05, 4.69) is 17.4 Å². The van der Waals surface area contributed by atoms with E-state index in [0.717, 1.165) is 33.9 Å². The number of nitrogens with zero attached hydrogens (tertiary/aromatic N) is 1. The molecule has 5 nitrogen and oxygen atoms in total. The normalized spacial score (nSPS) is 28.0. The molecule has 4 aliphatic rings. The van der Waals surface area contributed by atoms with Gasteiger partial charge in [0.05, 0.1) is 11.9 Å². The average molecular weight is 471 g/mol. The predicted octanol–water partition coefficient (Wildman–Crippen LogP) is 4.38. The van der Waals surface area contributed by atoms with Gasteiger partial charge in [0.1, 0.15) is 12.4 Å². The van der Waals surface area contributed by atoms with E-state index in [1.54, 1.807) is 12.1 Å². The van der Waals surface area contributed by atoms with Gasteiger partial charge in [-0.1, -0.05) is 24.3 Å². The van der Waals surface area contributed by atoms with E-state index in [0.29, 0.717) is 5.69 Å². The third-order valence-electron chi connectivity index (χ3n) is 7.90. The maximum atomic E-state index is 13.1. The van der Waals surface area contributed by atoms with Crippen molar-refractivity contribution in [2.45, 2.75) is 50.5 Å². The Labute approximate surface area is 195 Å². The van der Waals surface area contributed by atoms with Crippen LogP contribution in [-0.4, -0.2) is 27.1 Å². The molecule has 7 heteroatoms. The number of benzene rings is 2. The summed E-state index contributed by atoms with van der Waals surface area (Å²) in [5.41, 5.74) is 2.81. The zero-order chi connectivity index (χ0) is 23.2. The predicted molar refractivity (Wildman–Crippen MR) is 127 cm³/mol. The number of sulfonamides is 1. The molecule has 6 rings (SSSR count). The Kier molecular flexibility index (Phi) is 5.71. The Morgan fingerprint density at radius 1 is 0.970 bits per heavy atom.